The van der Waals surface area contributed by atoms with Crippen LogP contribution < -0.4 is 18.9 Å². The highest BCUT2D eigenvalue weighted by Gasteiger charge is 2.20. The van der Waals surface area contributed by atoms with Crippen molar-refractivity contribution in [1.29, 1.82) is 0 Å². The molecule has 1 saturated heterocycles. The van der Waals surface area contributed by atoms with Crippen LogP contribution in [0, 0.1) is 13.8 Å². The summed E-state index contributed by atoms with van der Waals surface area (Å²) in [5, 5.41) is 0.442. The molecule has 2 heterocycles. The third kappa shape index (κ3) is 11.3. The zero-order valence-electron chi connectivity index (χ0n) is 31.5. The van der Waals surface area contributed by atoms with E-state index in [0.29, 0.717) is 48.7 Å². The van der Waals surface area contributed by atoms with Crippen molar-refractivity contribution in [2.45, 2.75) is 53.4 Å². The average Bonchev–Trinajstić information content (AvgIpc) is 3.17. The van der Waals surface area contributed by atoms with Crippen LogP contribution in [-0.4, -0.2) is 59.6 Å². The number of aryl methyl sites for hydroxylation is 2. The summed E-state index contributed by atoms with van der Waals surface area (Å²) in [4.78, 5) is 21.8. The summed E-state index contributed by atoms with van der Waals surface area (Å²) in [7, 11) is 0. The van der Waals surface area contributed by atoms with E-state index < -0.39 is 0 Å². The van der Waals surface area contributed by atoms with E-state index in [1.54, 1.807) is 30.5 Å². The van der Waals surface area contributed by atoms with E-state index in [1.165, 1.54) is 16.7 Å². The van der Waals surface area contributed by atoms with Gasteiger partial charge < -0.3 is 23.8 Å². The maximum Gasteiger partial charge on any atom is 0.246 e. The monoisotopic (exact) mass is 745 g/mol. The summed E-state index contributed by atoms with van der Waals surface area (Å²) in [6, 6.07) is 32.0. The zero-order chi connectivity index (χ0) is 37.9. The van der Waals surface area contributed by atoms with Gasteiger partial charge in [0.15, 0.2) is 5.75 Å². The van der Waals surface area contributed by atoms with Gasteiger partial charge in [-0.1, -0.05) is 65.7 Å². The molecular weight excluding hydrogens is 698 g/mol. The van der Waals surface area contributed by atoms with Crippen LogP contribution in [0.5, 0.6) is 28.9 Å². The third-order valence-electron chi connectivity index (χ3n) is 9.08. The van der Waals surface area contributed by atoms with Crippen LogP contribution in [0.2, 0.25) is 5.02 Å². The van der Waals surface area contributed by atoms with Gasteiger partial charge in [-0.2, -0.15) is 0 Å². The van der Waals surface area contributed by atoms with Crippen LogP contribution in [0.15, 0.2) is 109 Å². The van der Waals surface area contributed by atoms with E-state index in [9.17, 15) is 4.79 Å². The number of benzene rings is 4. The van der Waals surface area contributed by atoms with Gasteiger partial charge in [0.1, 0.15) is 23.9 Å². The lowest BCUT2D eigenvalue weighted by Crippen LogP contribution is -2.47. The Balaban J connectivity index is 0.915. The minimum atomic E-state index is -0.0101. The van der Waals surface area contributed by atoms with Crippen LogP contribution in [-0.2, 0) is 24.4 Å². The van der Waals surface area contributed by atoms with Gasteiger partial charge in [-0.15, -0.1) is 0 Å². The van der Waals surface area contributed by atoms with E-state index in [1.807, 2.05) is 74.2 Å². The van der Waals surface area contributed by atoms with E-state index in [2.05, 4.69) is 53.2 Å². The van der Waals surface area contributed by atoms with E-state index >= 15 is 0 Å². The molecule has 4 aromatic carbocycles. The second kappa shape index (κ2) is 18.6. The van der Waals surface area contributed by atoms with Crippen molar-refractivity contribution >= 4 is 23.6 Å². The molecule has 0 N–H and O–H groups in total. The third-order valence-corrected chi connectivity index (χ3v) is 9.36. The number of rotatable bonds is 15. The number of carbonyl (C=O) groups is 1. The number of carbonyl (C=O) groups excluding carboxylic acids is 1. The van der Waals surface area contributed by atoms with Crippen molar-refractivity contribution in [3.8, 4) is 28.9 Å². The van der Waals surface area contributed by atoms with Gasteiger partial charge in [0.05, 0.1) is 23.9 Å². The first-order chi connectivity index (χ1) is 26.2. The predicted octanol–water partition coefficient (Wildman–Crippen LogP) is 9.49. The van der Waals surface area contributed by atoms with E-state index in [0.717, 1.165) is 54.2 Å². The topological polar surface area (TPSA) is 73.4 Å². The Labute approximate surface area is 323 Å². The number of hydrogen-bond donors (Lipinski definition) is 0. The molecule has 280 valence electrons. The minimum Gasteiger partial charge on any atom is -0.493 e. The van der Waals surface area contributed by atoms with Gasteiger partial charge in [-0.3, -0.25) is 9.69 Å². The van der Waals surface area contributed by atoms with Gasteiger partial charge >= 0.3 is 0 Å². The van der Waals surface area contributed by atoms with Gasteiger partial charge in [0, 0.05) is 51.3 Å². The lowest BCUT2D eigenvalue weighted by molar-refractivity contribution is -0.127. The Kier molecular flexibility index (Phi) is 13.3. The number of aromatic nitrogens is 1. The smallest absolute Gasteiger partial charge is 0.246 e. The average molecular weight is 746 g/mol. The number of hydrogen-bond acceptors (Lipinski definition) is 7. The van der Waals surface area contributed by atoms with Crippen LogP contribution in [0.1, 0.15) is 47.2 Å². The highest BCUT2D eigenvalue weighted by Crippen LogP contribution is 2.34. The number of pyridine rings is 1. The summed E-state index contributed by atoms with van der Waals surface area (Å²) < 4.78 is 23.5. The van der Waals surface area contributed by atoms with Crippen molar-refractivity contribution in [3.05, 3.63) is 148 Å². The Morgan fingerprint density at radius 1 is 0.796 bits per heavy atom. The Morgan fingerprint density at radius 2 is 1.46 bits per heavy atom. The first-order valence-corrected chi connectivity index (χ1v) is 18.8. The fourth-order valence-corrected chi connectivity index (χ4v) is 6.41. The molecule has 0 saturated carbocycles. The summed E-state index contributed by atoms with van der Waals surface area (Å²) >= 11 is 6.64. The van der Waals surface area contributed by atoms with Crippen molar-refractivity contribution in [3.63, 3.8) is 0 Å². The van der Waals surface area contributed by atoms with Gasteiger partial charge in [0.2, 0.25) is 11.8 Å². The number of piperazine rings is 1. The summed E-state index contributed by atoms with van der Waals surface area (Å²) in [5.74, 6) is 3.26. The fraction of sp³-hybridized carbons (Fsp3) is 0.289. The van der Waals surface area contributed by atoms with Crippen LogP contribution in [0.3, 0.4) is 0 Å². The first-order valence-electron chi connectivity index (χ1n) is 18.5. The molecule has 0 aliphatic carbocycles. The number of nitrogens with zero attached hydrogens (tertiary/aromatic N) is 3. The van der Waals surface area contributed by atoms with Gasteiger partial charge in [0.25, 0.3) is 0 Å². The fourth-order valence-electron chi connectivity index (χ4n) is 6.09. The molecule has 6 rings (SSSR count). The Morgan fingerprint density at radius 3 is 2.13 bits per heavy atom. The highest BCUT2D eigenvalue weighted by atomic mass is 35.5. The molecule has 0 spiro atoms. The Bertz CT molecular complexity index is 1970. The van der Waals surface area contributed by atoms with Crippen molar-refractivity contribution in [2.24, 2.45) is 0 Å². The lowest BCUT2D eigenvalue weighted by Gasteiger charge is -2.34. The molecule has 1 amide bonds. The minimum absolute atomic E-state index is 0.0101. The summed E-state index contributed by atoms with van der Waals surface area (Å²) in [6.45, 7) is 12.9. The molecule has 0 bridgehead atoms. The predicted molar refractivity (Wildman–Crippen MR) is 215 cm³/mol. The number of halogens is 1. The molecule has 0 atom stereocenters. The SMILES string of the molecule is Cc1ccc(COc2ccc(Oc3c(C)cc(/C=C/C(=O)N4CCN(Cc5ccc(CCOc6ccc(OC(C)C)cc6)cc5)CC4)cc3Cl)nc2)cc1. The van der Waals surface area contributed by atoms with Gasteiger partial charge in [-0.25, -0.2) is 4.98 Å². The zero-order valence-corrected chi connectivity index (χ0v) is 32.2. The summed E-state index contributed by atoms with van der Waals surface area (Å²) in [6.07, 6.45) is 6.05. The largest absolute Gasteiger partial charge is 0.493 e. The second-order valence-electron chi connectivity index (χ2n) is 13.8. The molecule has 0 unspecified atom stereocenters. The molecule has 54 heavy (non-hydrogen) atoms. The van der Waals surface area contributed by atoms with Crippen molar-refractivity contribution < 1.29 is 23.7 Å². The molecule has 1 aliphatic rings. The molecule has 0 radical (unpaired) electrons. The molecule has 1 aliphatic heterocycles. The highest BCUT2D eigenvalue weighted by molar-refractivity contribution is 6.32. The van der Waals surface area contributed by atoms with E-state index in [-0.39, 0.29) is 12.0 Å². The van der Waals surface area contributed by atoms with Crippen LogP contribution >= 0.6 is 11.6 Å². The lowest BCUT2D eigenvalue weighted by atomic mass is 10.1. The molecule has 9 heteroatoms. The van der Waals surface area contributed by atoms with Crippen LogP contribution in [0.4, 0.5) is 0 Å². The molecule has 5 aromatic rings. The molecular formula is C45H48ClN3O5. The standard InChI is InChI=1S/C45H48ClN3O5/c1-32(2)53-40-16-14-39(15-17-40)51-26-21-35-9-11-36(12-10-35)30-48-22-24-49(25-23-48)44(50)20-13-38-27-34(4)45(42(46)28-38)54-43-19-18-41(29-47-43)52-31-37-7-5-33(3)6-8-37/h5-20,27-29,32H,21-26,30-31H2,1-4H3/b20-13+. The summed E-state index contributed by atoms with van der Waals surface area (Å²) in [5.41, 5.74) is 6.46. The molecule has 8 nitrogen and oxygen atoms in total. The molecule has 1 fully saturated rings. The normalized spacial score (nSPS) is 13.3. The maximum absolute atomic E-state index is 13.1. The van der Waals surface area contributed by atoms with Crippen molar-refractivity contribution in [1.82, 2.24) is 14.8 Å². The van der Waals surface area contributed by atoms with E-state index in [4.69, 9.17) is 30.5 Å². The number of ether oxygens (including phenoxy) is 4. The number of amides is 1. The Hall–Kier alpha value is -5.31. The quantitative estimate of drug-likeness (QED) is 0.0989. The molecule has 1 aromatic heterocycles. The first kappa shape index (κ1) is 38.4. The van der Waals surface area contributed by atoms with Gasteiger partial charge in [-0.05, 0) is 104 Å². The van der Waals surface area contributed by atoms with Crippen LogP contribution in [0.25, 0.3) is 6.08 Å². The second-order valence-corrected chi connectivity index (χ2v) is 14.3. The van der Waals surface area contributed by atoms with Crippen molar-refractivity contribution in [2.75, 3.05) is 32.8 Å². The maximum atomic E-state index is 13.1.